The van der Waals surface area contributed by atoms with Crippen molar-refractivity contribution in [3.63, 3.8) is 0 Å². The maximum atomic E-state index is 13.4. The number of anilines is 2. The van der Waals surface area contributed by atoms with E-state index in [1.165, 1.54) is 5.56 Å². The molecule has 0 unspecified atom stereocenters. The Bertz CT molecular complexity index is 1630. The molecule has 4 aromatic rings. The maximum absolute atomic E-state index is 13.4. The molecule has 43 heavy (non-hydrogen) atoms. The number of ether oxygens (including phenoxy) is 1. The molecule has 0 bridgehead atoms. The lowest BCUT2D eigenvalue weighted by Crippen LogP contribution is -2.48. The number of carbonyl (C=O) groups is 1. The first-order valence-corrected chi connectivity index (χ1v) is 16.0. The highest BCUT2D eigenvalue weighted by atomic mass is 32.2. The molecule has 5 rings (SSSR count). The Morgan fingerprint density at radius 3 is 2.30 bits per heavy atom. The van der Waals surface area contributed by atoms with Gasteiger partial charge in [0.15, 0.2) is 0 Å². The molecule has 1 aliphatic heterocycles. The molecule has 2 amide bonds. The smallest absolute Gasteiger partial charge is 0.322 e. The second-order valence-electron chi connectivity index (χ2n) is 10.9. The van der Waals surface area contributed by atoms with E-state index in [2.05, 4.69) is 37.2 Å². The van der Waals surface area contributed by atoms with E-state index in [0.717, 1.165) is 50.0 Å². The maximum Gasteiger partial charge on any atom is 0.322 e. The number of nitrogens with zero attached hydrogens (tertiary/aromatic N) is 5. The zero-order valence-electron chi connectivity index (χ0n) is 24.6. The number of hydrogen-bond donors (Lipinski definition) is 2. The van der Waals surface area contributed by atoms with Gasteiger partial charge in [-0.2, -0.15) is 5.10 Å². The number of piperidine rings is 1. The van der Waals surface area contributed by atoms with Gasteiger partial charge in [-0.15, -0.1) is 0 Å². The molecule has 11 nitrogen and oxygen atoms in total. The molecule has 2 aromatic carbocycles. The minimum Gasteiger partial charge on any atom is -0.457 e. The van der Waals surface area contributed by atoms with Crippen molar-refractivity contribution in [3.05, 3.63) is 96.1 Å². The van der Waals surface area contributed by atoms with Crippen molar-refractivity contribution in [2.24, 2.45) is 7.05 Å². The molecule has 0 spiro atoms. The van der Waals surface area contributed by atoms with Crippen molar-refractivity contribution in [2.45, 2.75) is 38.9 Å². The Morgan fingerprint density at radius 2 is 1.70 bits per heavy atom. The summed E-state index contributed by atoms with van der Waals surface area (Å²) in [6, 6.07) is 18.6. The standard InChI is InChI=1S/C31H37N7O4S/c1-23-5-4-16-32-30(23)22-38(31(39)34-26-19-33-36(2)21-26)27-14-17-37(18-15-27)20-24-6-10-28(11-7-24)42-29-12-8-25(9-13-29)35-43(3,40)41/h4-13,16,19,21,27,35H,14-15,17-18,20,22H2,1-3H3,(H,34,39). The van der Waals surface area contributed by atoms with Crippen LogP contribution < -0.4 is 14.8 Å². The third-order valence-electron chi connectivity index (χ3n) is 7.38. The molecule has 0 radical (unpaired) electrons. The van der Waals surface area contributed by atoms with E-state index < -0.39 is 10.0 Å². The summed E-state index contributed by atoms with van der Waals surface area (Å²) in [5.41, 5.74) is 4.29. The second kappa shape index (κ2) is 13.3. The van der Waals surface area contributed by atoms with E-state index in [-0.39, 0.29) is 12.1 Å². The SMILES string of the molecule is Cc1cccnc1CN(C(=O)Nc1cnn(C)c1)C1CCN(Cc2ccc(Oc3ccc(NS(C)(=O)=O)cc3)cc2)CC1. The van der Waals surface area contributed by atoms with Crippen molar-refractivity contribution < 1.29 is 17.9 Å². The van der Waals surface area contributed by atoms with Gasteiger partial charge in [0.1, 0.15) is 11.5 Å². The lowest BCUT2D eigenvalue weighted by Gasteiger charge is -2.38. The number of aryl methyl sites for hydroxylation is 2. The minimum atomic E-state index is -3.32. The van der Waals surface area contributed by atoms with Crippen LogP contribution in [-0.2, 0) is 30.2 Å². The fourth-order valence-electron chi connectivity index (χ4n) is 5.14. The fraction of sp³-hybridized carbons (Fsp3) is 0.323. The van der Waals surface area contributed by atoms with Crippen molar-refractivity contribution in [1.82, 2.24) is 24.6 Å². The number of amides is 2. The Morgan fingerprint density at radius 1 is 1.02 bits per heavy atom. The Kier molecular flexibility index (Phi) is 9.27. The first-order chi connectivity index (χ1) is 20.6. The highest BCUT2D eigenvalue weighted by Gasteiger charge is 2.29. The van der Waals surface area contributed by atoms with Crippen LogP contribution in [0.25, 0.3) is 0 Å². The number of urea groups is 1. The van der Waals surface area contributed by atoms with Gasteiger partial charge < -0.3 is 15.0 Å². The summed E-state index contributed by atoms with van der Waals surface area (Å²) in [6.45, 7) is 5.01. The van der Waals surface area contributed by atoms with Gasteiger partial charge >= 0.3 is 6.03 Å². The van der Waals surface area contributed by atoms with Crippen LogP contribution in [0.1, 0.15) is 29.7 Å². The summed E-state index contributed by atoms with van der Waals surface area (Å²) in [7, 11) is -1.50. The largest absolute Gasteiger partial charge is 0.457 e. The molecule has 3 heterocycles. The second-order valence-corrected chi connectivity index (χ2v) is 12.6. The van der Waals surface area contributed by atoms with Crippen LogP contribution in [0.15, 0.2) is 79.3 Å². The van der Waals surface area contributed by atoms with Crippen LogP contribution >= 0.6 is 0 Å². The van der Waals surface area contributed by atoms with E-state index in [0.29, 0.717) is 29.4 Å². The number of aromatic nitrogens is 3. The highest BCUT2D eigenvalue weighted by molar-refractivity contribution is 7.92. The van der Waals surface area contributed by atoms with Crippen LogP contribution in [0.3, 0.4) is 0 Å². The molecular weight excluding hydrogens is 566 g/mol. The van der Waals surface area contributed by atoms with E-state index in [1.807, 2.05) is 43.1 Å². The lowest BCUT2D eigenvalue weighted by molar-refractivity contribution is 0.119. The molecule has 0 saturated carbocycles. The van der Waals surface area contributed by atoms with Crippen molar-refractivity contribution in [2.75, 3.05) is 29.4 Å². The zero-order valence-corrected chi connectivity index (χ0v) is 25.4. The number of pyridine rings is 1. The van der Waals surface area contributed by atoms with E-state index in [4.69, 9.17) is 4.74 Å². The monoisotopic (exact) mass is 603 g/mol. The molecular formula is C31H37N7O4S. The third-order valence-corrected chi connectivity index (χ3v) is 7.98. The first-order valence-electron chi connectivity index (χ1n) is 14.1. The Balaban J connectivity index is 1.16. The van der Waals surface area contributed by atoms with Crippen molar-refractivity contribution in [1.29, 1.82) is 0 Å². The normalized spacial score (nSPS) is 14.3. The first kappa shape index (κ1) is 30.1. The molecule has 12 heteroatoms. The predicted octanol–water partition coefficient (Wildman–Crippen LogP) is 4.99. The van der Waals surface area contributed by atoms with Gasteiger partial charge in [-0.1, -0.05) is 18.2 Å². The van der Waals surface area contributed by atoms with E-state index in [9.17, 15) is 13.2 Å². The van der Waals surface area contributed by atoms with E-state index in [1.54, 1.807) is 47.5 Å². The lowest BCUT2D eigenvalue weighted by atomic mass is 10.0. The summed E-state index contributed by atoms with van der Waals surface area (Å²) in [5, 5.41) is 7.17. The Labute approximate surface area is 252 Å². The van der Waals surface area contributed by atoms with Crippen LogP contribution in [-0.4, -0.2) is 64.4 Å². The summed E-state index contributed by atoms with van der Waals surface area (Å²) < 4.78 is 32.8. The van der Waals surface area contributed by atoms with Crippen molar-refractivity contribution >= 4 is 27.4 Å². The summed E-state index contributed by atoms with van der Waals surface area (Å²) in [6.07, 6.45) is 8.04. The van der Waals surface area contributed by atoms with E-state index >= 15 is 0 Å². The quantitative estimate of drug-likeness (QED) is 0.262. The number of carbonyl (C=O) groups excluding carboxylic acids is 1. The average molecular weight is 604 g/mol. The zero-order chi connectivity index (χ0) is 30.4. The summed E-state index contributed by atoms with van der Waals surface area (Å²) in [4.78, 5) is 22.3. The van der Waals surface area contributed by atoms with Gasteiger partial charge in [0.25, 0.3) is 0 Å². The molecule has 1 aliphatic rings. The van der Waals surface area contributed by atoms with Crippen LogP contribution in [0.4, 0.5) is 16.2 Å². The minimum absolute atomic E-state index is 0.0872. The number of nitrogens with one attached hydrogen (secondary N) is 2. The van der Waals surface area contributed by atoms with Crippen LogP contribution in [0, 0.1) is 6.92 Å². The molecule has 2 aromatic heterocycles. The number of rotatable bonds is 10. The molecule has 0 atom stereocenters. The summed E-state index contributed by atoms with van der Waals surface area (Å²) >= 11 is 0. The van der Waals surface area contributed by atoms with Crippen LogP contribution in [0.5, 0.6) is 11.5 Å². The van der Waals surface area contributed by atoms with Gasteiger partial charge in [-0.05, 0) is 73.4 Å². The number of sulfonamides is 1. The Hall–Kier alpha value is -4.42. The summed E-state index contributed by atoms with van der Waals surface area (Å²) in [5.74, 6) is 1.32. The number of benzene rings is 2. The van der Waals surface area contributed by atoms with Gasteiger partial charge in [-0.3, -0.25) is 19.3 Å². The molecule has 2 N–H and O–H groups in total. The highest BCUT2D eigenvalue weighted by Crippen LogP contribution is 2.26. The fourth-order valence-corrected chi connectivity index (χ4v) is 5.71. The van der Waals surface area contributed by atoms with Gasteiger partial charge in [-0.25, -0.2) is 13.2 Å². The van der Waals surface area contributed by atoms with Crippen LogP contribution in [0.2, 0.25) is 0 Å². The van der Waals surface area contributed by atoms with Gasteiger partial charge in [0, 0.05) is 50.8 Å². The third kappa shape index (κ3) is 8.55. The number of hydrogen-bond acceptors (Lipinski definition) is 7. The van der Waals surface area contributed by atoms with Crippen molar-refractivity contribution in [3.8, 4) is 11.5 Å². The molecule has 0 aliphatic carbocycles. The molecule has 1 saturated heterocycles. The average Bonchev–Trinajstić information content (AvgIpc) is 3.38. The topological polar surface area (TPSA) is 122 Å². The predicted molar refractivity (Wildman–Crippen MR) is 166 cm³/mol. The number of likely N-dealkylation sites (tertiary alicyclic amines) is 1. The molecule has 1 fully saturated rings. The molecule has 226 valence electrons. The van der Waals surface area contributed by atoms with Gasteiger partial charge in [0.2, 0.25) is 10.0 Å². The van der Waals surface area contributed by atoms with Gasteiger partial charge in [0.05, 0.1) is 30.4 Å².